The summed E-state index contributed by atoms with van der Waals surface area (Å²) in [6, 6.07) is 11.3. The van der Waals surface area contributed by atoms with Gasteiger partial charge in [-0.1, -0.05) is 29.3 Å². The van der Waals surface area contributed by atoms with E-state index in [0.29, 0.717) is 34.4 Å². The van der Waals surface area contributed by atoms with Crippen LogP contribution in [0.3, 0.4) is 0 Å². The summed E-state index contributed by atoms with van der Waals surface area (Å²) in [5, 5.41) is 6.53. The maximum absolute atomic E-state index is 11.9. The lowest BCUT2D eigenvalue weighted by Gasteiger charge is -2.10. The van der Waals surface area contributed by atoms with E-state index in [2.05, 4.69) is 15.4 Å². The topological polar surface area (TPSA) is 87.3 Å². The number of urea groups is 1. The number of sulfonamides is 1. The molecule has 0 bridgehead atoms. The monoisotopic (exact) mass is 415 g/mol. The highest BCUT2D eigenvalue weighted by molar-refractivity contribution is 7.92. The van der Waals surface area contributed by atoms with Crippen molar-refractivity contribution in [3.63, 3.8) is 0 Å². The summed E-state index contributed by atoms with van der Waals surface area (Å²) in [5.41, 5.74) is 1.88. The Hall–Kier alpha value is -1.96. The van der Waals surface area contributed by atoms with Crippen molar-refractivity contribution in [3.05, 3.63) is 58.1 Å². The molecule has 140 valence electrons. The summed E-state index contributed by atoms with van der Waals surface area (Å²) in [6.45, 7) is 1.96. The molecule has 6 nitrogen and oxygen atoms in total. The fraction of sp³-hybridized carbons (Fsp3) is 0.235. The molecule has 0 saturated heterocycles. The van der Waals surface area contributed by atoms with Gasteiger partial charge >= 0.3 is 6.03 Å². The van der Waals surface area contributed by atoms with E-state index in [9.17, 15) is 13.2 Å². The second-order valence-electron chi connectivity index (χ2n) is 5.45. The molecule has 0 radical (unpaired) electrons. The molecule has 0 aliphatic rings. The lowest BCUT2D eigenvalue weighted by atomic mass is 10.1. The molecule has 0 fully saturated rings. The van der Waals surface area contributed by atoms with Crippen LogP contribution in [0.1, 0.15) is 12.5 Å². The number of amides is 2. The highest BCUT2D eigenvalue weighted by atomic mass is 35.5. The highest BCUT2D eigenvalue weighted by Gasteiger charge is 2.07. The Morgan fingerprint density at radius 2 is 1.69 bits per heavy atom. The van der Waals surface area contributed by atoms with Gasteiger partial charge in [0.2, 0.25) is 10.0 Å². The maximum atomic E-state index is 11.9. The van der Waals surface area contributed by atoms with Crippen LogP contribution in [0.15, 0.2) is 42.5 Å². The van der Waals surface area contributed by atoms with Crippen LogP contribution in [-0.2, 0) is 16.4 Å². The molecule has 0 aliphatic heterocycles. The van der Waals surface area contributed by atoms with Gasteiger partial charge in [-0.05, 0) is 55.3 Å². The Morgan fingerprint density at radius 1 is 1.04 bits per heavy atom. The predicted octanol–water partition coefficient (Wildman–Crippen LogP) is 4.12. The van der Waals surface area contributed by atoms with E-state index in [1.807, 2.05) is 6.07 Å². The lowest BCUT2D eigenvalue weighted by molar-refractivity contribution is 0.252. The summed E-state index contributed by atoms with van der Waals surface area (Å²) >= 11 is 11.9. The molecule has 0 aromatic heterocycles. The third-order valence-corrected chi connectivity index (χ3v) is 5.38. The van der Waals surface area contributed by atoms with Gasteiger partial charge in [-0.15, -0.1) is 0 Å². The van der Waals surface area contributed by atoms with Crippen LogP contribution in [0.2, 0.25) is 10.0 Å². The molecule has 9 heteroatoms. The third kappa shape index (κ3) is 6.40. The number of benzene rings is 2. The van der Waals surface area contributed by atoms with E-state index in [1.54, 1.807) is 43.3 Å². The van der Waals surface area contributed by atoms with Crippen molar-refractivity contribution >= 4 is 50.6 Å². The number of rotatable bonds is 7. The minimum Gasteiger partial charge on any atom is -0.338 e. The lowest BCUT2D eigenvalue weighted by Crippen LogP contribution is -2.30. The van der Waals surface area contributed by atoms with Crippen molar-refractivity contribution in [2.24, 2.45) is 0 Å². The van der Waals surface area contributed by atoms with Crippen molar-refractivity contribution in [1.29, 1.82) is 0 Å². The second-order valence-corrected chi connectivity index (χ2v) is 8.30. The molecule has 0 heterocycles. The van der Waals surface area contributed by atoms with Crippen molar-refractivity contribution in [3.8, 4) is 0 Å². The van der Waals surface area contributed by atoms with Crippen molar-refractivity contribution in [2.45, 2.75) is 13.3 Å². The number of anilines is 2. The van der Waals surface area contributed by atoms with Crippen LogP contribution < -0.4 is 15.4 Å². The fourth-order valence-corrected chi connectivity index (χ4v) is 3.23. The van der Waals surface area contributed by atoms with Crippen molar-refractivity contribution in [1.82, 2.24) is 5.32 Å². The number of halogens is 2. The Kier molecular flexibility index (Phi) is 7.14. The smallest absolute Gasteiger partial charge is 0.319 e. The minimum absolute atomic E-state index is 0.00690. The molecule has 0 atom stereocenters. The number of carbonyl (C=O) groups is 1. The van der Waals surface area contributed by atoms with Crippen LogP contribution in [-0.4, -0.2) is 26.7 Å². The average molecular weight is 416 g/mol. The first-order valence-corrected chi connectivity index (χ1v) is 10.3. The van der Waals surface area contributed by atoms with Crippen molar-refractivity contribution < 1.29 is 13.2 Å². The number of hydrogen-bond donors (Lipinski definition) is 3. The van der Waals surface area contributed by atoms with E-state index >= 15 is 0 Å². The number of nitrogens with one attached hydrogen (secondary N) is 3. The van der Waals surface area contributed by atoms with Crippen molar-refractivity contribution in [2.75, 3.05) is 22.3 Å². The van der Waals surface area contributed by atoms with Gasteiger partial charge in [0.15, 0.2) is 0 Å². The molecule has 0 spiro atoms. The number of hydrogen-bond acceptors (Lipinski definition) is 3. The molecule has 2 aromatic carbocycles. The maximum Gasteiger partial charge on any atom is 0.319 e. The minimum atomic E-state index is -3.32. The van der Waals surface area contributed by atoms with Gasteiger partial charge in [-0.2, -0.15) is 0 Å². The zero-order valence-corrected chi connectivity index (χ0v) is 16.4. The first kappa shape index (κ1) is 20.4. The first-order valence-electron chi connectivity index (χ1n) is 7.88. The van der Waals surface area contributed by atoms with Gasteiger partial charge in [-0.3, -0.25) is 4.72 Å². The van der Waals surface area contributed by atoms with E-state index in [-0.39, 0.29) is 11.8 Å². The normalized spacial score (nSPS) is 11.0. The predicted molar refractivity (Wildman–Crippen MR) is 107 cm³/mol. The Bertz CT molecular complexity index is 871. The van der Waals surface area contributed by atoms with Crippen LogP contribution in [0.25, 0.3) is 0 Å². The molecule has 0 unspecified atom stereocenters. The molecule has 2 rings (SSSR count). The second kappa shape index (κ2) is 9.12. The van der Waals surface area contributed by atoms with Crippen LogP contribution >= 0.6 is 23.2 Å². The van der Waals surface area contributed by atoms with Crippen LogP contribution in [0, 0.1) is 0 Å². The summed E-state index contributed by atoms with van der Waals surface area (Å²) in [4.78, 5) is 11.9. The summed E-state index contributed by atoms with van der Waals surface area (Å²) < 4.78 is 25.4. The summed E-state index contributed by atoms with van der Waals surface area (Å²) in [5.74, 6) is -0.00690. The standard InChI is InChI=1S/C17H19Cl2N3O3S/c1-2-26(24,25)22-15-7-5-14(6-8-15)21-17(23)20-10-9-12-3-4-13(18)11-16(12)19/h3-8,11,22H,2,9-10H2,1H3,(H2,20,21,23). The first-order chi connectivity index (χ1) is 12.3. The SMILES string of the molecule is CCS(=O)(=O)Nc1ccc(NC(=O)NCCc2ccc(Cl)cc2Cl)cc1. The Balaban J connectivity index is 1.82. The highest BCUT2D eigenvalue weighted by Crippen LogP contribution is 2.21. The van der Waals surface area contributed by atoms with Gasteiger partial charge in [0.05, 0.1) is 5.75 Å². The number of carbonyl (C=O) groups excluding carboxylic acids is 1. The molecular formula is C17H19Cl2N3O3S. The van der Waals surface area contributed by atoms with Gasteiger partial charge in [0.25, 0.3) is 0 Å². The van der Waals surface area contributed by atoms with E-state index in [0.717, 1.165) is 5.56 Å². The van der Waals surface area contributed by atoms with Crippen LogP contribution in [0.4, 0.5) is 16.2 Å². The fourth-order valence-electron chi connectivity index (χ4n) is 2.08. The zero-order chi connectivity index (χ0) is 19.2. The Labute approximate surface area is 162 Å². The average Bonchev–Trinajstić information content (AvgIpc) is 2.58. The molecule has 26 heavy (non-hydrogen) atoms. The quantitative estimate of drug-likeness (QED) is 0.635. The molecule has 0 aliphatic carbocycles. The molecule has 3 N–H and O–H groups in total. The third-order valence-electron chi connectivity index (χ3n) is 3.49. The van der Waals surface area contributed by atoms with Gasteiger partial charge in [0.1, 0.15) is 0 Å². The largest absolute Gasteiger partial charge is 0.338 e. The summed E-state index contributed by atoms with van der Waals surface area (Å²) in [6.07, 6.45) is 0.571. The van der Waals surface area contributed by atoms with E-state index in [1.165, 1.54) is 0 Å². The molecule has 0 saturated carbocycles. The Morgan fingerprint density at radius 3 is 2.31 bits per heavy atom. The zero-order valence-electron chi connectivity index (χ0n) is 14.1. The molecular weight excluding hydrogens is 397 g/mol. The van der Waals surface area contributed by atoms with E-state index < -0.39 is 10.0 Å². The van der Waals surface area contributed by atoms with Crippen LogP contribution in [0.5, 0.6) is 0 Å². The van der Waals surface area contributed by atoms with E-state index in [4.69, 9.17) is 23.2 Å². The molecule has 2 aromatic rings. The van der Waals surface area contributed by atoms with Gasteiger partial charge in [-0.25, -0.2) is 13.2 Å². The summed E-state index contributed by atoms with van der Waals surface area (Å²) in [7, 11) is -3.32. The van der Waals surface area contributed by atoms with Gasteiger partial charge in [0, 0.05) is 28.0 Å². The molecule has 2 amide bonds. The van der Waals surface area contributed by atoms with Gasteiger partial charge < -0.3 is 10.6 Å².